The van der Waals surface area contributed by atoms with Gasteiger partial charge >= 0.3 is 16.3 Å². The summed E-state index contributed by atoms with van der Waals surface area (Å²) in [5, 5.41) is 26.3. The van der Waals surface area contributed by atoms with Gasteiger partial charge in [-0.1, -0.05) is 5.16 Å². The fraction of sp³-hybridized carbons (Fsp3) is 0.500. The second-order valence-electron chi connectivity index (χ2n) is 9.08. The predicted molar refractivity (Wildman–Crippen MR) is 131 cm³/mol. The molecule has 0 radical (unpaired) electrons. The highest BCUT2D eigenvalue weighted by Gasteiger charge is 2.29. The van der Waals surface area contributed by atoms with E-state index in [0.717, 1.165) is 0 Å². The van der Waals surface area contributed by atoms with Crippen LogP contribution in [0.15, 0.2) is 32.5 Å². The van der Waals surface area contributed by atoms with Gasteiger partial charge in [-0.3, -0.25) is 0 Å². The summed E-state index contributed by atoms with van der Waals surface area (Å²) in [6.07, 6.45) is 1.04. The Morgan fingerprint density at radius 3 is 2.50 bits per heavy atom. The first-order chi connectivity index (χ1) is 16.8. The molecule has 0 aliphatic heterocycles. The number of nitrogens with zero attached hydrogens (tertiary/aromatic N) is 3. The standard InChI is InChI=1S/C20H27BrFN7O6S/c1-20(2,3)34-19(30)29-36(32,33)28-12-6-4-11(5-7-12)23-18-16(26-35-27-18)17(25-31)24-13-8-9-15(22)14(21)10-13/h8-12,28,31H,4-7H2,1-3H3,(H,23,27)(H,24,25)(H,29,30). The molecule has 0 saturated heterocycles. The lowest BCUT2D eigenvalue weighted by atomic mass is 9.92. The molecule has 198 valence electrons. The van der Waals surface area contributed by atoms with Crippen molar-refractivity contribution in [1.29, 1.82) is 0 Å². The van der Waals surface area contributed by atoms with Crippen molar-refractivity contribution in [2.45, 2.75) is 64.1 Å². The molecule has 5 N–H and O–H groups in total. The summed E-state index contributed by atoms with van der Waals surface area (Å²) in [4.78, 5) is 11.8. The van der Waals surface area contributed by atoms with Gasteiger partial charge in [0.25, 0.3) is 0 Å². The number of oxime groups is 1. The van der Waals surface area contributed by atoms with Gasteiger partial charge in [-0.05, 0) is 90.9 Å². The number of rotatable bonds is 7. The maximum atomic E-state index is 13.5. The van der Waals surface area contributed by atoms with Crippen LogP contribution < -0.4 is 20.1 Å². The number of hydrogen-bond acceptors (Lipinski definition) is 10. The predicted octanol–water partition coefficient (Wildman–Crippen LogP) is 3.30. The Morgan fingerprint density at radius 2 is 1.89 bits per heavy atom. The van der Waals surface area contributed by atoms with Crippen LogP contribution in [0, 0.1) is 5.82 Å². The van der Waals surface area contributed by atoms with E-state index in [1.165, 1.54) is 18.2 Å². The van der Waals surface area contributed by atoms with Gasteiger partial charge in [-0.2, -0.15) is 13.1 Å². The number of amides is 1. The number of carbonyl (C=O) groups excluding carboxylic acids is 1. The molecule has 1 heterocycles. The molecule has 3 rings (SSSR count). The molecular weight excluding hydrogens is 565 g/mol. The van der Waals surface area contributed by atoms with Gasteiger partial charge in [0.2, 0.25) is 11.7 Å². The molecule has 1 aromatic carbocycles. The van der Waals surface area contributed by atoms with Gasteiger partial charge in [-0.25, -0.2) is 18.5 Å². The van der Waals surface area contributed by atoms with Crippen LogP contribution in [0.2, 0.25) is 0 Å². The van der Waals surface area contributed by atoms with Crippen molar-refractivity contribution >= 4 is 49.6 Å². The van der Waals surface area contributed by atoms with Crippen LogP contribution in [-0.2, 0) is 14.9 Å². The third-order valence-corrected chi connectivity index (χ3v) is 6.69. The Kier molecular flexibility index (Phi) is 8.73. The monoisotopic (exact) mass is 591 g/mol. The van der Waals surface area contributed by atoms with Crippen LogP contribution in [-0.4, -0.2) is 53.6 Å². The van der Waals surface area contributed by atoms with Gasteiger partial charge in [0.05, 0.1) is 4.47 Å². The van der Waals surface area contributed by atoms with Crippen LogP contribution in [0.25, 0.3) is 0 Å². The molecule has 16 heteroatoms. The maximum absolute atomic E-state index is 13.5. The first-order valence-electron chi connectivity index (χ1n) is 10.9. The normalized spacial score (nSPS) is 19.0. The van der Waals surface area contributed by atoms with E-state index < -0.39 is 27.7 Å². The highest BCUT2D eigenvalue weighted by atomic mass is 79.9. The van der Waals surface area contributed by atoms with Crippen molar-refractivity contribution in [2.75, 3.05) is 10.6 Å². The van der Waals surface area contributed by atoms with E-state index in [2.05, 4.69) is 46.8 Å². The minimum Gasteiger partial charge on any atom is -0.443 e. The average Bonchev–Trinajstić information content (AvgIpc) is 3.21. The fourth-order valence-electron chi connectivity index (χ4n) is 3.49. The molecule has 0 unspecified atom stereocenters. The molecule has 0 bridgehead atoms. The van der Waals surface area contributed by atoms with Crippen LogP contribution in [0.3, 0.4) is 0 Å². The molecular formula is C20H27BrFN7O6S. The molecule has 1 fully saturated rings. The number of aromatic nitrogens is 2. The second kappa shape index (κ2) is 11.4. The lowest BCUT2D eigenvalue weighted by molar-refractivity contribution is 0.0569. The molecule has 36 heavy (non-hydrogen) atoms. The molecule has 0 atom stereocenters. The van der Waals surface area contributed by atoms with Gasteiger partial charge in [-0.15, -0.1) is 0 Å². The van der Waals surface area contributed by atoms with Crippen molar-refractivity contribution in [3.8, 4) is 0 Å². The van der Waals surface area contributed by atoms with E-state index in [9.17, 15) is 22.8 Å². The Labute approximate surface area is 215 Å². The van der Waals surface area contributed by atoms with E-state index in [1.54, 1.807) is 20.8 Å². The molecule has 1 aromatic heterocycles. The Morgan fingerprint density at radius 1 is 1.22 bits per heavy atom. The fourth-order valence-corrected chi connectivity index (χ4v) is 4.86. The summed E-state index contributed by atoms with van der Waals surface area (Å²) < 4.78 is 52.3. The molecule has 1 saturated carbocycles. The van der Waals surface area contributed by atoms with E-state index in [0.29, 0.717) is 31.4 Å². The topological polar surface area (TPSA) is 180 Å². The van der Waals surface area contributed by atoms with E-state index in [1.807, 2.05) is 4.72 Å². The third-order valence-electron chi connectivity index (χ3n) is 5.00. The number of halogens is 2. The van der Waals surface area contributed by atoms with Crippen molar-refractivity contribution in [1.82, 2.24) is 19.8 Å². The lowest BCUT2D eigenvalue weighted by Crippen LogP contribution is -2.48. The summed E-state index contributed by atoms with van der Waals surface area (Å²) in [5.74, 6) is -0.314. The zero-order chi connectivity index (χ0) is 26.5. The first kappa shape index (κ1) is 27.6. The first-order valence-corrected chi connectivity index (χ1v) is 13.2. The zero-order valence-corrected chi connectivity index (χ0v) is 22.1. The maximum Gasteiger partial charge on any atom is 0.422 e. The highest BCUT2D eigenvalue weighted by Crippen LogP contribution is 2.25. The number of carbonyl (C=O) groups is 1. The molecule has 13 nitrogen and oxygen atoms in total. The van der Waals surface area contributed by atoms with Crippen molar-refractivity contribution in [3.05, 3.63) is 34.2 Å². The van der Waals surface area contributed by atoms with Gasteiger partial charge in [0, 0.05) is 17.8 Å². The summed E-state index contributed by atoms with van der Waals surface area (Å²) >= 11 is 3.09. The Bertz CT molecular complexity index is 1210. The van der Waals surface area contributed by atoms with Gasteiger partial charge in [0.1, 0.15) is 11.4 Å². The highest BCUT2D eigenvalue weighted by molar-refractivity contribution is 9.10. The second-order valence-corrected chi connectivity index (χ2v) is 11.4. The van der Waals surface area contributed by atoms with Crippen LogP contribution in [0.5, 0.6) is 0 Å². The number of anilines is 2. The largest absolute Gasteiger partial charge is 0.443 e. The average molecular weight is 592 g/mol. The number of amidine groups is 1. The number of nitrogens with one attached hydrogen (secondary N) is 4. The third kappa shape index (κ3) is 8.03. The Balaban J connectivity index is 1.55. The molecule has 2 aromatic rings. The van der Waals surface area contributed by atoms with Crippen molar-refractivity contribution < 1.29 is 32.2 Å². The van der Waals surface area contributed by atoms with Crippen LogP contribution in [0.4, 0.5) is 20.7 Å². The minimum atomic E-state index is -4.09. The number of benzene rings is 1. The zero-order valence-electron chi connectivity index (χ0n) is 19.7. The summed E-state index contributed by atoms with van der Waals surface area (Å²) in [7, 11) is -4.09. The molecule has 0 spiro atoms. The molecule has 1 amide bonds. The number of hydrogen-bond donors (Lipinski definition) is 5. The lowest BCUT2D eigenvalue weighted by Gasteiger charge is -2.29. The summed E-state index contributed by atoms with van der Waals surface area (Å²) in [6.45, 7) is 4.89. The van der Waals surface area contributed by atoms with Crippen molar-refractivity contribution in [3.63, 3.8) is 0 Å². The quantitative estimate of drug-likeness (QED) is 0.139. The van der Waals surface area contributed by atoms with E-state index >= 15 is 0 Å². The van der Waals surface area contributed by atoms with Crippen molar-refractivity contribution in [2.24, 2.45) is 5.16 Å². The smallest absolute Gasteiger partial charge is 0.422 e. The van der Waals surface area contributed by atoms with Crippen LogP contribution >= 0.6 is 15.9 Å². The summed E-state index contributed by atoms with van der Waals surface area (Å²) in [6, 6.07) is 3.66. The van der Waals surface area contributed by atoms with Gasteiger partial charge in [0.15, 0.2) is 5.69 Å². The SMILES string of the molecule is CC(C)(C)OC(=O)NS(=O)(=O)NC1CCC(Nc2nonc2/C(=N/O)Nc2ccc(F)c(Br)c2)CC1. The molecule has 1 aliphatic carbocycles. The van der Waals surface area contributed by atoms with E-state index in [4.69, 9.17) is 9.37 Å². The number of ether oxygens (including phenoxy) is 1. The van der Waals surface area contributed by atoms with Gasteiger partial charge < -0.3 is 20.6 Å². The van der Waals surface area contributed by atoms with E-state index in [-0.39, 0.29) is 33.9 Å². The Hall–Kier alpha value is -2.98. The molecule has 1 aliphatic rings. The summed E-state index contributed by atoms with van der Waals surface area (Å²) in [5.41, 5.74) is -0.301. The minimum absolute atomic E-state index is 0.0769. The van der Waals surface area contributed by atoms with Crippen LogP contribution in [0.1, 0.15) is 52.1 Å².